The minimum absolute atomic E-state index is 0.0862. The van der Waals surface area contributed by atoms with Gasteiger partial charge < -0.3 is 20.9 Å². The van der Waals surface area contributed by atoms with E-state index in [2.05, 4.69) is 68.8 Å². The van der Waals surface area contributed by atoms with Crippen LogP contribution in [-0.4, -0.2) is 32.1 Å². The number of anilines is 4. The van der Waals surface area contributed by atoms with E-state index >= 15 is 0 Å². The van der Waals surface area contributed by atoms with E-state index in [1.807, 2.05) is 20.8 Å². The molecule has 2 aliphatic heterocycles. The van der Waals surface area contributed by atoms with Crippen LogP contribution in [0.1, 0.15) is 119 Å². The molecule has 4 rings (SSSR count). The van der Waals surface area contributed by atoms with E-state index in [0.717, 1.165) is 30.9 Å². The summed E-state index contributed by atoms with van der Waals surface area (Å²) in [6.07, 6.45) is 12.8. The van der Waals surface area contributed by atoms with Crippen molar-refractivity contribution in [2.24, 2.45) is 5.41 Å². The number of aryl methyl sites for hydroxylation is 2. The zero-order valence-corrected chi connectivity index (χ0v) is 28.4. The smallest absolute Gasteiger partial charge is 0.229 e. The van der Waals surface area contributed by atoms with Crippen molar-refractivity contribution < 1.29 is 4.79 Å². The summed E-state index contributed by atoms with van der Waals surface area (Å²) in [5.74, 6) is 0.0862. The van der Waals surface area contributed by atoms with Gasteiger partial charge in [0.25, 0.3) is 0 Å². The number of nitrogen functional groups attached to an aromatic ring is 1. The highest BCUT2D eigenvalue weighted by molar-refractivity contribution is 5.96. The van der Waals surface area contributed by atoms with Crippen LogP contribution >= 0.6 is 0 Å². The molecule has 0 saturated carbocycles. The Morgan fingerprint density at radius 1 is 0.762 bits per heavy atom. The first-order valence-corrected chi connectivity index (χ1v) is 16.7. The van der Waals surface area contributed by atoms with Crippen LogP contribution in [-0.2, 0) is 17.6 Å². The van der Waals surface area contributed by atoms with Gasteiger partial charge in [-0.15, -0.1) is 0 Å². The molecule has 2 heterocycles. The number of nitrogens with zero attached hydrogens (tertiary/aromatic N) is 2. The van der Waals surface area contributed by atoms with E-state index in [1.165, 1.54) is 116 Å². The molecule has 0 spiro atoms. The second-order valence-corrected chi connectivity index (χ2v) is 13.7. The van der Waals surface area contributed by atoms with Gasteiger partial charge in [0.1, 0.15) is 0 Å². The lowest BCUT2D eigenvalue weighted by molar-refractivity contribution is -0.123. The molecular formula is C37H60N4O. The molecule has 2 aliphatic rings. The van der Waals surface area contributed by atoms with Gasteiger partial charge in [-0.25, -0.2) is 0 Å². The van der Waals surface area contributed by atoms with E-state index in [-0.39, 0.29) is 11.3 Å². The quantitative estimate of drug-likeness (QED) is 0.207. The van der Waals surface area contributed by atoms with Crippen molar-refractivity contribution in [2.45, 2.75) is 127 Å². The van der Waals surface area contributed by atoms with E-state index in [0.29, 0.717) is 0 Å². The minimum atomic E-state index is -0.372. The number of benzene rings is 2. The average Bonchev–Trinajstić information content (AvgIpc) is 3.54. The average molecular weight is 577 g/mol. The molecule has 0 radical (unpaired) electrons. The van der Waals surface area contributed by atoms with Crippen molar-refractivity contribution >= 4 is 28.7 Å². The molecule has 0 saturated heterocycles. The molecule has 5 nitrogen and oxygen atoms in total. The molecule has 0 bridgehead atoms. The van der Waals surface area contributed by atoms with Gasteiger partial charge in [-0.1, -0.05) is 73.1 Å². The fourth-order valence-electron chi connectivity index (χ4n) is 6.37. The summed E-state index contributed by atoms with van der Waals surface area (Å²) >= 11 is 0. The maximum Gasteiger partial charge on any atom is 0.229 e. The SMILES string of the molecule is CCCCCCN1CCc2c1cc(C)c(N)c2C.CCCCCCN1CCc2c1cc(C)c(NC(=O)C(C)(C)C)c2C. The number of rotatable bonds is 11. The Labute approximate surface area is 257 Å². The normalized spacial score (nSPS) is 14.0. The molecule has 5 heteroatoms. The number of unbranched alkanes of at least 4 members (excludes halogenated alkanes) is 6. The zero-order valence-electron chi connectivity index (χ0n) is 28.4. The lowest BCUT2D eigenvalue weighted by atomic mass is 9.94. The molecule has 0 atom stereocenters. The Bertz CT molecular complexity index is 1210. The number of hydrogen-bond acceptors (Lipinski definition) is 4. The fraction of sp³-hybridized carbons (Fsp3) is 0.649. The lowest BCUT2D eigenvalue weighted by Crippen LogP contribution is -2.28. The predicted octanol–water partition coefficient (Wildman–Crippen LogP) is 9.06. The molecule has 3 N–H and O–H groups in total. The molecule has 0 fully saturated rings. The van der Waals surface area contributed by atoms with Crippen LogP contribution in [0.15, 0.2) is 12.1 Å². The van der Waals surface area contributed by atoms with Crippen molar-refractivity contribution in [3.63, 3.8) is 0 Å². The topological polar surface area (TPSA) is 61.6 Å². The molecule has 0 unspecified atom stereocenters. The van der Waals surface area contributed by atoms with Gasteiger partial charge in [0.15, 0.2) is 0 Å². The summed E-state index contributed by atoms with van der Waals surface area (Å²) < 4.78 is 0. The van der Waals surface area contributed by atoms with E-state index in [4.69, 9.17) is 5.73 Å². The van der Waals surface area contributed by atoms with Crippen molar-refractivity contribution in [3.05, 3.63) is 45.5 Å². The molecule has 2 aromatic rings. The minimum Gasteiger partial charge on any atom is -0.398 e. The predicted molar refractivity (Wildman–Crippen MR) is 184 cm³/mol. The van der Waals surface area contributed by atoms with Gasteiger partial charge in [0, 0.05) is 54.3 Å². The van der Waals surface area contributed by atoms with Gasteiger partial charge in [-0.3, -0.25) is 4.79 Å². The van der Waals surface area contributed by atoms with Crippen LogP contribution in [0.3, 0.4) is 0 Å². The van der Waals surface area contributed by atoms with E-state index in [1.54, 1.807) is 0 Å². The van der Waals surface area contributed by atoms with Gasteiger partial charge in [0.2, 0.25) is 5.91 Å². The first-order chi connectivity index (χ1) is 19.9. The third-order valence-electron chi connectivity index (χ3n) is 9.26. The number of amides is 1. The van der Waals surface area contributed by atoms with Crippen LogP contribution in [0.4, 0.5) is 22.7 Å². The van der Waals surface area contributed by atoms with Gasteiger partial charge >= 0.3 is 0 Å². The standard InChI is InChI=1S/C21H34N2O.C16H26N2/c1-7-8-9-10-12-23-13-11-17-16(3)19(15(2)14-18(17)23)22-20(24)21(4,5)6;1-4-5-6-7-9-18-10-8-14-13(3)16(17)12(2)11-15(14)18/h14H,7-13H2,1-6H3,(H,22,24);11H,4-10,17H2,1-3H3. The first kappa shape index (κ1) is 33.8. The number of fused-ring (bicyclic) bond motifs is 2. The second-order valence-electron chi connectivity index (χ2n) is 13.7. The number of carbonyl (C=O) groups excluding carboxylic acids is 1. The maximum atomic E-state index is 12.4. The highest BCUT2D eigenvalue weighted by Crippen LogP contribution is 2.38. The van der Waals surface area contributed by atoms with Crippen LogP contribution in [0.5, 0.6) is 0 Å². The molecule has 0 aliphatic carbocycles. The van der Waals surface area contributed by atoms with Crippen LogP contribution in [0, 0.1) is 33.1 Å². The van der Waals surface area contributed by atoms with Crippen molar-refractivity contribution in [1.82, 2.24) is 0 Å². The third kappa shape index (κ3) is 8.23. The molecule has 1 amide bonds. The van der Waals surface area contributed by atoms with E-state index < -0.39 is 0 Å². The Morgan fingerprint density at radius 2 is 1.24 bits per heavy atom. The molecule has 0 aromatic heterocycles. The summed E-state index contributed by atoms with van der Waals surface area (Å²) in [4.78, 5) is 17.5. The summed E-state index contributed by atoms with van der Waals surface area (Å²) in [6.45, 7) is 23.6. The number of carbonyl (C=O) groups is 1. The van der Waals surface area contributed by atoms with Crippen LogP contribution in [0.25, 0.3) is 0 Å². The number of nitrogens with two attached hydrogens (primary N) is 1. The Hall–Kier alpha value is -2.69. The van der Waals surface area contributed by atoms with Crippen LogP contribution < -0.4 is 20.9 Å². The Morgan fingerprint density at radius 3 is 1.71 bits per heavy atom. The van der Waals surface area contributed by atoms with Gasteiger partial charge in [-0.2, -0.15) is 0 Å². The van der Waals surface area contributed by atoms with Crippen molar-refractivity contribution in [3.8, 4) is 0 Å². The van der Waals surface area contributed by atoms with E-state index in [9.17, 15) is 4.79 Å². The summed E-state index contributed by atoms with van der Waals surface area (Å²) in [5, 5.41) is 3.17. The summed E-state index contributed by atoms with van der Waals surface area (Å²) in [7, 11) is 0. The van der Waals surface area contributed by atoms with Crippen molar-refractivity contribution in [1.29, 1.82) is 0 Å². The van der Waals surface area contributed by atoms with Crippen LogP contribution in [0.2, 0.25) is 0 Å². The summed E-state index contributed by atoms with van der Waals surface area (Å²) in [5.41, 5.74) is 18.4. The number of hydrogen-bond donors (Lipinski definition) is 2. The summed E-state index contributed by atoms with van der Waals surface area (Å²) in [6, 6.07) is 4.55. The fourth-order valence-corrected chi connectivity index (χ4v) is 6.37. The highest BCUT2D eigenvalue weighted by atomic mass is 16.2. The maximum absolute atomic E-state index is 12.4. The lowest BCUT2D eigenvalue weighted by Gasteiger charge is -2.24. The highest BCUT2D eigenvalue weighted by Gasteiger charge is 2.27. The molecule has 234 valence electrons. The third-order valence-corrected chi connectivity index (χ3v) is 9.26. The Balaban J connectivity index is 0.000000240. The first-order valence-electron chi connectivity index (χ1n) is 16.7. The number of nitrogens with one attached hydrogen (secondary N) is 1. The molecular weight excluding hydrogens is 516 g/mol. The molecule has 42 heavy (non-hydrogen) atoms. The zero-order chi connectivity index (χ0) is 31.0. The molecule has 2 aromatic carbocycles. The van der Waals surface area contributed by atoms with Crippen molar-refractivity contribution in [2.75, 3.05) is 47.0 Å². The van der Waals surface area contributed by atoms with Gasteiger partial charge in [-0.05, 0) is 98.9 Å². The Kier molecular flexibility index (Phi) is 12.2. The largest absolute Gasteiger partial charge is 0.398 e. The second kappa shape index (κ2) is 15.2. The monoisotopic (exact) mass is 576 g/mol. The van der Waals surface area contributed by atoms with Gasteiger partial charge in [0.05, 0.1) is 0 Å².